The number of aliphatic imine (C=N–C) groups is 1. The first kappa shape index (κ1) is 21.9. The summed E-state index contributed by atoms with van der Waals surface area (Å²) in [6.45, 7) is 11.5. The second-order valence-corrected chi connectivity index (χ2v) is 8.44. The lowest BCUT2D eigenvalue weighted by molar-refractivity contribution is 0.0175. The molecule has 0 saturated carbocycles. The number of guanidine groups is 1. The maximum Gasteiger partial charge on any atom is 0.193 e. The van der Waals surface area contributed by atoms with E-state index in [1.165, 1.54) is 11.3 Å². The lowest BCUT2D eigenvalue weighted by Crippen LogP contribution is -2.51. The van der Waals surface area contributed by atoms with E-state index >= 15 is 0 Å². The highest BCUT2D eigenvalue weighted by atomic mass is 127. The Morgan fingerprint density at radius 2 is 2.00 bits per heavy atom. The van der Waals surface area contributed by atoms with Crippen LogP contribution in [0.5, 0.6) is 0 Å². The van der Waals surface area contributed by atoms with Crippen molar-refractivity contribution in [2.24, 2.45) is 16.8 Å². The van der Waals surface area contributed by atoms with E-state index in [0.717, 1.165) is 63.7 Å². The number of hydrogen-bond donors (Lipinski definition) is 1. The Balaban J connectivity index is 0.00000243. The summed E-state index contributed by atoms with van der Waals surface area (Å²) in [4.78, 5) is 11.0. The Hall–Kier alpha value is -0.380. The number of nitrogens with one attached hydrogen (secondary N) is 1. The van der Waals surface area contributed by atoms with Gasteiger partial charge < -0.3 is 15.0 Å². The standard InChI is InChI=1S/C19H32N4OS.HI/c1-15-11-16(2)14-23(13-15)19(20-3)21-12-17(18-5-4-10-25-18)22-6-8-24-9-7-22;/h4-5,10,15-17H,6-9,11-14H2,1-3H3,(H,20,21);1H. The summed E-state index contributed by atoms with van der Waals surface area (Å²) in [5.74, 6) is 2.51. The Morgan fingerprint density at radius 3 is 2.58 bits per heavy atom. The minimum absolute atomic E-state index is 0. The van der Waals surface area contributed by atoms with Gasteiger partial charge in [-0.05, 0) is 29.7 Å². The Bertz CT molecular complexity index is 538. The van der Waals surface area contributed by atoms with Crippen LogP contribution in [-0.2, 0) is 4.74 Å². The number of thiophene rings is 1. The van der Waals surface area contributed by atoms with Crippen molar-refractivity contribution in [1.29, 1.82) is 0 Å². The molecule has 0 spiro atoms. The van der Waals surface area contributed by atoms with E-state index in [0.29, 0.717) is 6.04 Å². The van der Waals surface area contributed by atoms with Crippen molar-refractivity contribution in [3.8, 4) is 0 Å². The van der Waals surface area contributed by atoms with Crippen LogP contribution in [0.4, 0.5) is 0 Å². The van der Waals surface area contributed by atoms with E-state index in [9.17, 15) is 0 Å². The minimum Gasteiger partial charge on any atom is -0.379 e. The molecule has 148 valence electrons. The van der Waals surface area contributed by atoms with Gasteiger partial charge in [0.15, 0.2) is 5.96 Å². The van der Waals surface area contributed by atoms with Gasteiger partial charge in [0.1, 0.15) is 0 Å². The van der Waals surface area contributed by atoms with E-state index in [2.05, 4.69) is 51.5 Å². The van der Waals surface area contributed by atoms with Crippen LogP contribution in [0.1, 0.15) is 31.2 Å². The highest BCUT2D eigenvalue weighted by molar-refractivity contribution is 14.0. The molecule has 0 bridgehead atoms. The third kappa shape index (κ3) is 5.81. The minimum atomic E-state index is 0. The highest BCUT2D eigenvalue weighted by Crippen LogP contribution is 2.26. The number of ether oxygens (including phenoxy) is 1. The van der Waals surface area contributed by atoms with Gasteiger partial charge in [0.25, 0.3) is 0 Å². The van der Waals surface area contributed by atoms with Gasteiger partial charge in [-0.15, -0.1) is 35.3 Å². The number of piperidine rings is 1. The van der Waals surface area contributed by atoms with Crippen LogP contribution in [0.25, 0.3) is 0 Å². The summed E-state index contributed by atoms with van der Waals surface area (Å²) < 4.78 is 5.54. The fraction of sp³-hybridized carbons (Fsp3) is 0.737. The molecule has 1 aromatic rings. The van der Waals surface area contributed by atoms with Gasteiger partial charge in [-0.2, -0.15) is 0 Å². The van der Waals surface area contributed by atoms with Crippen molar-refractivity contribution in [2.75, 3.05) is 53.0 Å². The van der Waals surface area contributed by atoms with Crippen LogP contribution >= 0.6 is 35.3 Å². The maximum absolute atomic E-state index is 5.54. The summed E-state index contributed by atoms with van der Waals surface area (Å²) in [6.07, 6.45) is 1.32. The zero-order chi connectivity index (χ0) is 17.6. The third-order valence-corrected chi connectivity index (χ3v) is 6.17. The van der Waals surface area contributed by atoms with Gasteiger partial charge in [-0.1, -0.05) is 19.9 Å². The van der Waals surface area contributed by atoms with Gasteiger partial charge in [0, 0.05) is 44.6 Å². The molecule has 1 N–H and O–H groups in total. The van der Waals surface area contributed by atoms with E-state index in [1.54, 1.807) is 0 Å². The van der Waals surface area contributed by atoms with Crippen molar-refractivity contribution in [1.82, 2.24) is 15.1 Å². The average Bonchev–Trinajstić information content (AvgIpc) is 3.13. The predicted molar refractivity (Wildman–Crippen MR) is 121 cm³/mol. The molecule has 2 aliphatic heterocycles. The zero-order valence-corrected chi connectivity index (χ0v) is 19.3. The smallest absolute Gasteiger partial charge is 0.193 e. The number of morpholine rings is 1. The number of hydrogen-bond acceptors (Lipinski definition) is 4. The maximum atomic E-state index is 5.54. The number of nitrogens with zero attached hydrogens (tertiary/aromatic N) is 3. The van der Waals surface area contributed by atoms with Crippen molar-refractivity contribution < 1.29 is 4.74 Å². The van der Waals surface area contributed by atoms with Crippen molar-refractivity contribution in [3.05, 3.63) is 22.4 Å². The molecule has 26 heavy (non-hydrogen) atoms. The molecule has 3 unspecified atom stereocenters. The van der Waals surface area contributed by atoms with Gasteiger partial charge in [0.2, 0.25) is 0 Å². The van der Waals surface area contributed by atoms with E-state index in [1.807, 2.05) is 18.4 Å². The molecule has 1 aromatic heterocycles. The first-order valence-electron chi connectivity index (χ1n) is 9.48. The molecule has 0 amide bonds. The lowest BCUT2D eigenvalue weighted by atomic mass is 9.92. The SMILES string of the molecule is CN=C(NCC(c1cccs1)N1CCOCC1)N1CC(C)CC(C)C1.I. The van der Waals surface area contributed by atoms with Crippen LogP contribution in [-0.4, -0.2) is 68.7 Å². The van der Waals surface area contributed by atoms with Crippen LogP contribution in [0.15, 0.2) is 22.5 Å². The lowest BCUT2D eigenvalue weighted by Gasteiger charge is -2.38. The fourth-order valence-corrected chi connectivity index (χ4v) is 5.00. The number of likely N-dealkylation sites (tertiary alicyclic amines) is 1. The first-order valence-corrected chi connectivity index (χ1v) is 10.4. The summed E-state index contributed by atoms with van der Waals surface area (Å²) in [6, 6.07) is 4.79. The molecule has 0 aliphatic carbocycles. The van der Waals surface area contributed by atoms with Crippen molar-refractivity contribution >= 4 is 41.3 Å². The quantitative estimate of drug-likeness (QED) is 0.398. The summed E-state index contributed by atoms with van der Waals surface area (Å²) >= 11 is 1.84. The normalized spacial score (nSPS) is 26.3. The van der Waals surface area contributed by atoms with Crippen LogP contribution in [0.3, 0.4) is 0 Å². The molecule has 3 atom stereocenters. The summed E-state index contributed by atoms with van der Waals surface area (Å²) in [5, 5.41) is 5.84. The molecule has 2 aliphatic rings. The summed E-state index contributed by atoms with van der Waals surface area (Å²) in [7, 11) is 1.90. The predicted octanol–water partition coefficient (Wildman–Crippen LogP) is 3.29. The van der Waals surface area contributed by atoms with Crippen LogP contribution in [0.2, 0.25) is 0 Å². The monoisotopic (exact) mass is 492 g/mol. The molecular formula is C19H33IN4OS. The topological polar surface area (TPSA) is 40.1 Å². The Kier molecular flexibility index (Phi) is 9.12. The molecule has 2 fully saturated rings. The zero-order valence-electron chi connectivity index (χ0n) is 16.2. The van der Waals surface area contributed by atoms with Crippen molar-refractivity contribution in [2.45, 2.75) is 26.3 Å². The number of rotatable bonds is 4. The third-order valence-electron chi connectivity index (χ3n) is 5.19. The second-order valence-electron chi connectivity index (χ2n) is 7.46. The number of halogens is 1. The molecule has 7 heteroatoms. The fourth-order valence-electron chi connectivity index (χ4n) is 4.14. The molecule has 0 aromatic carbocycles. The Morgan fingerprint density at radius 1 is 1.31 bits per heavy atom. The second kappa shape index (κ2) is 10.8. The molecule has 5 nitrogen and oxygen atoms in total. The molecule has 2 saturated heterocycles. The molecule has 3 heterocycles. The average molecular weight is 492 g/mol. The van der Waals surface area contributed by atoms with Gasteiger partial charge in [-0.3, -0.25) is 9.89 Å². The molecular weight excluding hydrogens is 459 g/mol. The van der Waals surface area contributed by atoms with Gasteiger partial charge in [0.05, 0.1) is 19.3 Å². The largest absolute Gasteiger partial charge is 0.379 e. The molecule has 3 rings (SSSR count). The summed E-state index contributed by atoms with van der Waals surface area (Å²) in [5.41, 5.74) is 0. The van der Waals surface area contributed by atoms with Gasteiger partial charge >= 0.3 is 0 Å². The highest BCUT2D eigenvalue weighted by Gasteiger charge is 2.27. The van der Waals surface area contributed by atoms with Gasteiger partial charge in [-0.25, -0.2) is 0 Å². The first-order chi connectivity index (χ1) is 12.2. The van der Waals surface area contributed by atoms with E-state index in [4.69, 9.17) is 4.74 Å². The van der Waals surface area contributed by atoms with E-state index < -0.39 is 0 Å². The van der Waals surface area contributed by atoms with E-state index in [-0.39, 0.29) is 24.0 Å². The van der Waals surface area contributed by atoms with Crippen molar-refractivity contribution in [3.63, 3.8) is 0 Å². The molecule has 0 radical (unpaired) electrons. The Labute approximate surface area is 179 Å². The van der Waals surface area contributed by atoms with Crippen LogP contribution < -0.4 is 5.32 Å². The van der Waals surface area contributed by atoms with Crippen LogP contribution in [0, 0.1) is 11.8 Å².